The zero-order chi connectivity index (χ0) is 26.2. The van der Waals surface area contributed by atoms with Crippen LogP contribution in [0.5, 0.6) is 11.5 Å². The SMILES string of the molecule is COc1cc2nc(C)nc(N[C@H](C)c3cc(N)cc(C(F)(F)F)c3)c2cc1OC[C@@H]1CCC(=O)N1C. The fourth-order valence-corrected chi connectivity index (χ4v) is 4.26. The van der Waals surface area contributed by atoms with Gasteiger partial charge in [0.25, 0.3) is 0 Å². The molecule has 1 aliphatic heterocycles. The summed E-state index contributed by atoms with van der Waals surface area (Å²) in [6, 6.07) is 6.35. The third-order valence-electron chi connectivity index (χ3n) is 6.31. The summed E-state index contributed by atoms with van der Waals surface area (Å²) in [5, 5.41) is 3.81. The minimum absolute atomic E-state index is 0.0213. The summed E-state index contributed by atoms with van der Waals surface area (Å²) in [6.07, 6.45) is -3.32. The van der Waals surface area contributed by atoms with Gasteiger partial charge < -0.3 is 25.4 Å². The monoisotopic (exact) mass is 503 g/mol. The van der Waals surface area contributed by atoms with Crippen LogP contribution in [0.15, 0.2) is 30.3 Å². The molecule has 2 heterocycles. The van der Waals surface area contributed by atoms with Crippen LogP contribution in [0.25, 0.3) is 10.9 Å². The number of amides is 1. The summed E-state index contributed by atoms with van der Waals surface area (Å²) >= 11 is 0. The molecule has 4 rings (SSSR count). The van der Waals surface area contributed by atoms with E-state index in [9.17, 15) is 18.0 Å². The molecule has 36 heavy (non-hydrogen) atoms. The van der Waals surface area contributed by atoms with Crippen molar-refractivity contribution in [2.45, 2.75) is 44.9 Å². The van der Waals surface area contributed by atoms with E-state index in [1.54, 1.807) is 37.9 Å². The number of likely N-dealkylation sites (tertiary alicyclic amines) is 1. The molecule has 11 heteroatoms. The summed E-state index contributed by atoms with van der Waals surface area (Å²) in [6.45, 7) is 3.74. The number of nitrogens with zero attached hydrogens (tertiary/aromatic N) is 3. The Balaban J connectivity index is 1.67. The number of hydrogen-bond acceptors (Lipinski definition) is 7. The molecule has 1 amide bonds. The van der Waals surface area contributed by atoms with E-state index in [-0.39, 0.29) is 17.6 Å². The number of likely N-dealkylation sites (N-methyl/N-ethyl adjacent to an activating group) is 1. The Hall–Kier alpha value is -3.76. The number of anilines is 2. The fraction of sp³-hybridized carbons (Fsp3) is 0.400. The number of ether oxygens (including phenoxy) is 2. The van der Waals surface area contributed by atoms with E-state index < -0.39 is 17.8 Å². The van der Waals surface area contributed by atoms with Gasteiger partial charge in [-0.3, -0.25) is 4.79 Å². The summed E-state index contributed by atoms with van der Waals surface area (Å²) in [5.74, 6) is 1.90. The Kier molecular flexibility index (Phi) is 6.83. The highest BCUT2D eigenvalue weighted by Crippen LogP contribution is 2.37. The highest BCUT2D eigenvalue weighted by atomic mass is 19.4. The van der Waals surface area contributed by atoms with Crippen molar-refractivity contribution in [2.75, 3.05) is 31.8 Å². The van der Waals surface area contributed by atoms with Crippen LogP contribution in [0.3, 0.4) is 0 Å². The Labute approximate surface area is 206 Å². The van der Waals surface area contributed by atoms with Crippen LogP contribution in [-0.2, 0) is 11.0 Å². The first-order chi connectivity index (χ1) is 17.0. The first-order valence-electron chi connectivity index (χ1n) is 11.4. The van der Waals surface area contributed by atoms with Crippen LogP contribution in [0.2, 0.25) is 0 Å². The second-order valence-corrected chi connectivity index (χ2v) is 8.90. The lowest BCUT2D eigenvalue weighted by molar-refractivity contribution is -0.137. The normalized spacial score (nSPS) is 16.9. The Morgan fingerprint density at radius 1 is 1.19 bits per heavy atom. The summed E-state index contributed by atoms with van der Waals surface area (Å²) in [7, 11) is 3.27. The maximum atomic E-state index is 13.3. The number of nitrogen functional groups attached to an aromatic ring is 1. The minimum atomic E-state index is -4.51. The van der Waals surface area contributed by atoms with E-state index in [0.717, 1.165) is 12.1 Å². The molecule has 0 saturated carbocycles. The van der Waals surface area contributed by atoms with Gasteiger partial charge >= 0.3 is 6.18 Å². The van der Waals surface area contributed by atoms with Gasteiger partial charge in [0.1, 0.15) is 18.2 Å². The lowest BCUT2D eigenvalue weighted by atomic mass is 10.0. The molecule has 3 aromatic rings. The second-order valence-electron chi connectivity index (χ2n) is 8.90. The number of nitrogens with one attached hydrogen (secondary N) is 1. The van der Waals surface area contributed by atoms with Gasteiger partial charge in [-0.1, -0.05) is 0 Å². The van der Waals surface area contributed by atoms with E-state index in [2.05, 4.69) is 15.3 Å². The average molecular weight is 504 g/mol. The van der Waals surface area contributed by atoms with Crippen LogP contribution >= 0.6 is 0 Å². The number of aromatic nitrogens is 2. The number of aryl methyl sites for hydroxylation is 1. The fourth-order valence-electron chi connectivity index (χ4n) is 4.26. The lowest BCUT2D eigenvalue weighted by Gasteiger charge is -2.22. The van der Waals surface area contributed by atoms with Crippen molar-refractivity contribution in [1.29, 1.82) is 0 Å². The number of rotatable bonds is 7. The van der Waals surface area contributed by atoms with Crippen molar-refractivity contribution in [3.8, 4) is 11.5 Å². The van der Waals surface area contributed by atoms with Gasteiger partial charge in [-0.2, -0.15) is 13.2 Å². The van der Waals surface area contributed by atoms with Crippen molar-refractivity contribution in [3.05, 3.63) is 47.3 Å². The van der Waals surface area contributed by atoms with Crippen LogP contribution in [0.1, 0.15) is 42.8 Å². The summed E-state index contributed by atoms with van der Waals surface area (Å²) in [4.78, 5) is 22.5. The highest BCUT2D eigenvalue weighted by molar-refractivity contribution is 5.92. The Morgan fingerprint density at radius 2 is 1.94 bits per heavy atom. The predicted octanol–water partition coefficient (Wildman–Crippen LogP) is 4.72. The van der Waals surface area contributed by atoms with Gasteiger partial charge in [0.15, 0.2) is 11.5 Å². The molecular formula is C25H28F3N5O3. The number of halogens is 3. The number of fused-ring (bicyclic) bond motifs is 1. The van der Waals surface area contributed by atoms with Crippen LogP contribution < -0.4 is 20.5 Å². The molecule has 1 fully saturated rings. The Bertz CT molecular complexity index is 1300. The number of benzene rings is 2. The van der Waals surface area contributed by atoms with E-state index in [1.807, 2.05) is 0 Å². The third kappa shape index (κ3) is 5.24. The van der Waals surface area contributed by atoms with Gasteiger partial charge in [-0.15, -0.1) is 0 Å². The molecule has 1 saturated heterocycles. The first-order valence-corrected chi connectivity index (χ1v) is 11.4. The molecular weight excluding hydrogens is 475 g/mol. The number of nitrogens with two attached hydrogens (primary N) is 1. The van der Waals surface area contributed by atoms with E-state index in [1.165, 1.54) is 13.2 Å². The minimum Gasteiger partial charge on any atom is -0.493 e. The number of alkyl halides is 3. The molecule has 0 aliphatic carbocycles. The molecule has 0 radical (unpaired) electrons. The number of carbonyl (C=O) groups is 1. The summed E-state index contributed by atoms with van der Waals surface area (Å²) in [5.41, 5.74) is 5.90. The van der Waals surface area contributed by atoms with Gasteiger partial charge in [-0.25, -0.2) is 9.97 Å². The lowest BCUT2D eigenvalue weighted by Crippen LogP contribution is -2.33. The van der Waals surface area contributed by atoms with Crippen molar-refractivity contribution < 1.29 is 27.4 Å². The van der Waals surface area contributed by atoms with Crippen molar-refractivity contribution in [2.24, 2.45) is 0 Å². The van der Waals surface area contributed by atoms with Gasteiger partial charge in [0.2, 0.25) is 5.91 Å². The number of methoxy groups -OCH3 is 1. The zero-order valence-corrected chi connectivity index (χ0v) is 20.4. The Morgan fingerprint density at radius 3 is 2.58 bits per heavy atom. The van der Waals surface area contributed by atoms with Gasteiger partial charge in [0, 0.05) is 30.6 Å². The standard InChI is InChI=1S/C25H28F3N5O3/c1-13(15-7-16(25(26,27)28)9-17(29)8-15)30-24-19-10-22(36-12-18-5-6-23(34)33(18)3)21(35-4)11-20(19)31-14(2)32-24/h7-11,13,18H,5-6,12,29H2,1-4H3,(H,30,31,32)/t13-,18+/m1/s1. The maximum absolute atomic E-state index is 13.3. The molecule has 192 valence electrons. The quantitative estimate of drug-likeness (QED) is 0.450. The van der Waals surface area contributed by atoms with Crippen LogP contribution in [0, 0.1) is 6.92 Å². The topological polar surface area (TPSA) is 103 Å². The first kappa shape index (κ1) is 25.3. The van der Waals surface area contributed by atoms with Gasteiger partial charge in [0.05, 0.1) is 30.3 Å². The van der Waals surface area contributed by atoms with Crippen molar-refractivity contribution in [1.82, 2.24) is 14.9 Å². The molecule has 2 aromatic carbocycles. The summed E-state index contributed by atoms with van der Waals surface area (Å²) < 4.78 is 51.4. The van der Waals surface area contributed by atoms with Crippen molar-refractivity contribution in [3.63, 3.8) is 0 Å². The van der Waals surface area contributed by atoms with Gasteiger partial charge in [-0.05, 0) is 50.1 Å². The third-order valence-corrected chi connectivity index (χ3v) is 6.31. The second kappa shape index (κ2) is 9.71. The maximum Gasteiger partial charge on any atom is 0.416 e. The highest BCUT2D eigenvalue weighted by Gasteiger charge is 2.32. The molecule has 0 unspecified atom stereocenters. The average Bonchev–Trinajstić information content (AvgIpc) is 3.13. The largest absolute Gasteiger partial charge is 0.493 e. The molecule has 0 bridgehead atoms. The molecule has 1 aromatic heterocycles. The molecule has 0 spiro atoms. The molecule has 8 nitrogen and oxygen atoms in total. The smallest absolute Gasteiger partial charge is 0.416 e. The van der Waals surface area contributed by atoms with E-state index in [0.29, 0.717) is 59.1 Å². The predicted molar refractivity (Wildman–Crippen MR) is 130 cm³/mol. The van der Waals surface area contributed by atoms with Crippen LogP contribution in [-0.4, -0.2) is 47.6 Å². The molecule has 3 N–H and O–H groups in total. The van der Waals surface area contributed by atoms with E-state index >= 15 is 0 Å². The number of hydrogen-bond donors (Lipinski definition) is 2. The zero-order valence-electron chi connectivity index (χ0n) is 20.4. The van der Waals surface area contributed by atoms with Crippen molar-refractivity contribution >= 4 is 28.3 Å². The molecule has 1 aliphatic rings. The number of carbonyl (C=O) groups excluding carboxylic acids is 1. The van der Waals surface area contributed by atoms with E-state index in [4.69, 9.17) is 15.2 Å². The van der Waals surface area contributed by atoms with Crippen LogP contribution in [0.4, 0.5) is 24.7 Å². The molecule has 2 atom stereocenters.